The lowest BCUT2D eigenvalue weighted by atomic mass is 10.1. The molecule has 2 aromatic rings. The molecule has 156 valence electrons. The van der Waals surface area contributed by atoms with E-state index in [1.54, 1.807) is 6.26 Å². The van der Waals surface area contributed by atoms with Crippen molar-refractivity contribution in [2.24, 2.45) is 0 Å². The van der Waals surface area contributed by atoms with Crippen molar-refractivity contribution < 1.29 is 23.7 Å². The van der Waals surface area contributed by atoms with E-state index in [0.29, 0.717) is 32.9 Å². The number of rotatable bonds is 15. The van der Waals surface area contributed by atoms with Gasteiger partial charge in [0.15, 0.2) is 6.29 Å². The van der Waals surface area contributed by atoms with Crippen LogP contribution in [0.3, 0.4) is 0 Å². The van der Waals surface area contributed by atoms with E-state index < -0.39 is 6.10 Å². The standard InChI is InChI=1S/C22H33NO5/c1-3-26-22(27-4-2)16-23(13-12-19-9-6-5-7-10-19)15-20(24)17-25-18-21-11-8-14-28-21/h5-11,14,20,22,24H,3-4,12-13,15-18H2,1-2H3. The lowest BCUT2D eigenvalue weighted by molar-refractivity contribution is -0.149. The summed E-state index contributed by atoms with van der Waals surface area (Å²) in [6.07, 6.45) is 1.60. The largest absolute Gasteiger partial charge is 0.467 e. The number of benzene rings is 1. The van der Waals surface area contributed by atoms with Crippen molar-refractivity contribution in [1.29, 1.82) is 0 Å². The van der Waals surface area contributed by atoms with Crippen LogP contribution < -0.4 is 0 Å². The van der Waals surface area contributed by atoms with Crippen molar-refractivity contribution >= 4 is 0 Å². The first kappa shape index (κ1) is 22.6. The molecular weight excluding hydrogens is 358 g/mol. The maximum absolute atomic E-state index is 10.4. The maximum atomic E-state index is 10.4. The Morgan fingerprint density at radius 1 is 1.00 bits per heavy atom. The molecule has 0 radical (unpaired) electrons. The zero-order chi connectivity index (χ0) is 20.0. The van der Waals surface area contributed by atoms with E-state index >= 15 is 0 Å². The van der Waals surface area contributed by atoms with Gasteiger partial charge in [-0.15, -0.1) is 0 Å². The van der Waals surface area contributed by atoms with Gasteiger partial charge in [0.2, 0.25) is 0 Å². The van der Waals surface area contributed by atoms with Gasteiger partial charge in [0.05, 0.1) is 19.0 Å². The third-order valence-electron chi connectivity index (χ3n) is 4.28. The van der Waals surface area contributed by atoms with Crippen molar-refractivity contribution in [2.45, 2.75) is 39.3 Å². The molecule has 1 atom stereocenters. The zero-order valence-corrected chi connectivity index (χ0v) is 17.0. The summed E-state index contributed by atoms with van der Waals surface area (Å²) in [5.41, 5.74) is 1.26. The van der Waals surface area contributed by atoms with Crippen LogP contribution in [0.4, 0.5) is 0 Å². The molecule has 0 saturated carbocycles. The molecule has 6 nitrogen and oxygen atoms in total. The highest BCUT2D eigenvalue weighted by atomic mass is 16.7. The predicted octanol–water partition coefficient (Wildman–Crippen LogP) is 3.10. The zero-order valence-electron chi connectivity index (χ0n) is 17.0. The van der Waals surface area contributed by atoms with Crippen LogP contribution in [0.2, 0.25) is 0 Å². The van der Waals surface area contributed by atoms with Crippen LogP contribution in [0.25, 0.3) is 0 Å². The highest BCUT2D eigenvalue weighted by Crippen LogP contribution is 2.07. The van der Waals surface area contributed by atoms with Gasteiger partial charge in [0.25, 0.3) is 0 Å². The number of aliphatic hydroxyl groups is 1. The van der Waals surface area contributed by atoms with Gasteiger partial charge in [0, 0.05) is 32.8 Å². The Hall–Kier alpha value is -1.70. The number of furan rings is 1. The summed E-state index contributed by atoms with van der Waals surface area (Å²) in [6.45, 7) is 7.58. The maximum Gasteiger partial charge on any atom is 0.170 e. The third-order valence-corrected chi connectivity index (χ3v) is 4.28. The Bertz CT molecular complexity index is 599. The number of hydrogen-bond donors (Lipinski definition) is 1. The van der Waals surface area contributed by atoms with Crippen LogP contribution in [-0.2, 0) is 27.2 Å². The molecule has 0 saturated heterocycles. The van der Waals surface area contributed by atoms with E-state index in [4.69, 9.17) is 18.6 Å². The second kappa shape index (κ2) is 13.5. The van der Waals surface area contributed by atoms with Crippen LogP contribution in [0, 0.1) is 0 Å². The van der Waals surface area contributed by atoms with E-state index in [-0.39, 0.29) is 12.9 Å². The minimum absolute atomic E-state index is 0.247. The highest BCUT2D eigenvalue weighted by Gasteiger charge is 2.18. The molecule has 0 aliphatic carbocycles. The van der Waals surface area contributed by atoms with Crippen LogP contribution in [-0.4, -0.2) is 61.9 Å². The minimum Gasteiger partial charge on any atom is -0.467 e. The monoisotopic (exact) mass is 391 g/mol. The van der Waals surface area contributed by atoms with E-state index in [0.717, 1.165) is 18.7 Å². The van der Waals surface area contributed by atoms with Gasteiger partial charge in [-0.05, 0) is 38.0 Å². The molecule has 0 bridgehead atoms. The van der Waals surface area contributed by atoms with Gasteiger partial charge >= 0.3 is 0 Å². The summed E-state index contributed by atoms with van der Waals surface area (Å²) in [4.78, 5) is 2.17. The molecule has 1 unspecified atom stereocenters. The fraction of sp³-hybridized carbons (Fsp3) is 0.545. The Balaban J connectivity index is 1.85. The summed E-state index contributed by atoms with van der Waals surface area (Å²) in [5, 5.41) is 10.4. The summed E-state index contributed by atoms with van der Waals surface area (Å²) in [5.74, 6) is 0.751. The molecule has 0 aliphatic rings. The quantitative estimate of drug-likeness (QED) is 0.471. The second-order valence-corrected chi connectivity index (χ2v) is 6.58. The van der Waals surface area contributed by atoms with E-state index in [9.17, 15) is 5.11 Å². The van der Waals surface area contributed by atoms with Gasteiger partial charge < -0.3 is 23.7 Å². The molecule has 1 N–H and O–H groups in total. The topological polar surface area (TPSA) is 64.3 Å². The van der Waals surface area contributed by atoms with Crippen LogP contribution in [0.1, 0.15) is 25.2 Å². The summed E-state index contributed by atoms with van der Waals surface area (Å²) < 4.78 is 22.2. The molecule has 0 amide bonds. The average molecular weight is 392 g/mol. The molecule has 28 heavy (non-hydrogen) atoms. The third kappa shape index (κ3) is 8.99. The first-order chi connectivity index (χ1) is 13.7. The first-order valence-electron chi connectivity index (χ1n) is 9.98. The molecular formula is C22H33NO5. The van der Waals surface area contributed by atoms with Gasteiger partial charge in [-0.25, -0.2) is 0 Å². The van der Waals surface area contributed by atoms with E-state index in [1.807, 2.05) is 44.2 Å². The predicted molar refractivity (Wildman–Crippen MR) is 108 cm³/mol. The summed E-state index contributed by atoms with van der Waals surface area (Å²) in [7, 11) is 0. The molecule has 0 fully saturated rings. The molecule has 1 aromatic carbocycles. The first-order valence-corrected chi connectivity index (χ1v) is 9.98. The van der Waals surface area contributed by atoms with Gasteiger partial charge in [-0.1, -0.05) is 30.3 Å². The Kier molecular flexibility index (Phi) is 10.9. The summed E-state index contributed by atoms with van der Waals surface area (Å²) >= 11 is 0. The number of aliphatic hydroxyl groups excluding tert-OH is 1. The normalized spacial score (nSPS) is 12.8. The van der Waals surface area contributed by atoms with E-state index in [1.165, 1.54) is 5.56 Å². The van der Waals surface area contributed by atoms with Gasteiger partial charge in [-0.2, -0.15) is 0 Å². The molecule has 2 rings (SSSR count). The van der Waals surface area contributed by atoms with Crippen molar-refractivity contribution in [3.05, 3.63) is 60.1 Å². The molecule has 0 spiro atoms. The van der Waals surface area contributed by atoms with Crippen LogP contribution >= 0.6 is 0 Å². The smallest absolute Gasteiger partial charge is 0.170 e. The molecule has 0 aliphatic heterocycles. The second-order valence-electron chi connectivity index (χ2n) is 6.58. The SMILES string of the molecule is CCOC(CN(CCc1ccccc1)CC(O)COCc1ccco1)OCC. The van der Waals surface area contributed by atoms with Crippen molar-refractivity contribution in [1.82, 2.24) is 4.90 Å². The molecule has 1 aromatic heterocycles. The number of ether oxygens (including phenoxy) is 3. The number of nitrogens with zero attached hydrogens (tertiary/aromatic N) is 1. The van der Waals surface area contributed by atoms with Crippen LogP contribution in [0.15, 0.2) is 53.1 Å². The lowest BCUT2D eigenvalue weighted by Gasteiger charge is -2.29. The van der Waals surface area contributed by atoms with Crippen molar-refractivity contribution in [3.63, 3.8) is 0 Å². The minimum atomic E-state index is -0.602. The van der Waals surface area contributed by atoms with Crippen molar-refractivity contribution in [2.75, 3.05) is 39.5 Å². The number of hydrogen-bond acceptors (Lipinski definition) is 6. The Morgan fingerprint density at radius 3 is 2.39 bits per heavy atom. The van der Waals surface area contributed by atoms with E-state index in [2.05, 4.69) is 17.0 Å². The lowest BCUT2D eigenvalue weighted by Crippen LogP contribution is -2.42. The summed E-state index contributed by atoms with van der Waals surface area (Å²) in [6, 6.07) is 14.0. The Labute approximate surface area is 168 Å². The fourth-order valence-corrected chi connectivity index (χ4v) is 2.97. The fourth-order valence-electron chi connectivity index (χ4n) is 2.97. The van der Waals surface area contributed by atoms with Gasteiger partial charge in [0.1, 0.15) is 12.4 Å². The van der Waals surface area contributed by atoms with Crippen LogP contribution in [0.5, 0.6) is 0 Å². The molecule has 1 heterocycles. The molecule has 6 heteroatoms. The van der Waals surface area contributed by atoms with Crippen molar-refractivity contribution in [3.8, 4) is 0 Å². The van der Waals surface area contributed by atoms with Gasteiger partial charge in [-0.3, -0.25) is 4.90 Å². The Morgan fingerprint density at radius 2 is 1.75 bits per heavy atom. The highest BCUT2D eigenvalue weighted by molar-refractivity contribution is 5.14. The average Bonchev–Trinajstić information content (AvgIpc) is 3.21.